The lowest BCUT2D eigenvalue weighted by atomic mass is 9.99. The van der Waals surface area contributed by atoms with E-state index in [2.05, 4.69) is 34.1 Å². The first-order valence-electron chi connectivity index (χ1n) is 10.6. The van der Waals surface area contributed by atoms with E-state index in [1.54, 1.807) is 6.07 Å². The number of hydrogen-bond acceptors (Lipinski definition) is 3. The van der Waals surface area contributed by atoms with E-state index >= 15 is 0 Å². The summed E-state index contributed by atoms with van der Waals surface area (Å²) >= 11 is 0. The zero-order chi connectivity index (χ0) is 20.8. The summed E-state index contributed by atoms with van der Waals surface area (Å²) in [4.78, 5) is 32.7. The van der Waals surface area contributed by atoms with Crippen LogP contribution >= 0.6 is 0 Å². The van der Waals surface area contributed by atoms with Crippen molar-refractivity contribution in [2.24, 2.45) is 5.73 Å². The van der Waals surface area contributed by atoms with E-state index in [4.69, 9.17) is 5.73 Å². The number of benzene rings is 2. The third-order valence-corrected chi connectivity index (χ3v) is 6.65. The van der Waals surface area contributed by atoms with E-state index in [0.29, 0.717) is 11.1 Å². The normalized spacial score (nSPS) is 20.1. The molecule has 0 saturated carbocycles. The molecule has 0 radical (unpaired) electrons. The molecule has 2 aliphatic rings. The van der Waals surface area contributed by atoms with Crippen molar-refractivity contribution in [3.8, 4) is 0 Å². The number of nitrogens with one attached hydrogen (secondary N) is 1. The molecule has 3 heterocycles. The third-order valence-electron chi connectivity index (χ3n) is 6.65. The monoisotopic (exact) mass is 402 g/mol. The molecule has 1 aromatic heterocycles. The van der Waals surface area contributed by atoms with Gasteiger partial charge in [0.2, 0.25) is 5.91 Å². The summed E-state index contributed by atoms with van der Waals surface area (Å²) in [6, 6.07) is 14.2. The van der Waals surface area contributed by atoms with Crippen LogP contribution in [-0.2, 0) is 6.54 Å². The number of piperidine rings is 1. The highest BCUT2D eigenvalue weighted by atomic mass is 16.2. The molecule has 2 aromatic carbocycles. The van der Waals surface area contributed by atoms with Crippen molar-refractivity contribution < 1.29 is 9.59 Å². The van der Waals surface area contributed by atoms with Crippen LogP contribution in [0.25, 0.3) is 10.9 Å². The van der Waals surface area contributed by atoms with Crippen molar-refractivity contribution >= 4 is 22.7 Å². The molecule has 2 aliphatic heterocycles. The number of fused-ring (bicyclic) bond motifs is 2. The minimum Gasteiger partial charge on any atom is -0.366 e. The largest absolute Gasteiger partial charge is 0.366 e. The minimum atomic E-state index is -0.538. The molecule has 154 valence electrons. The van der Waals surface area contributed by atoms with Crippen LogP contribution in [0.5, 0.6) is 0 Å². The third kappa shape index (κ3) is 3.08. The highest BCUT2D eigenvalue weighted by molar-refractivity contribution is 6.09. The van der Waals surface area contributed by atoms with Gasteiger partial charge in [-0.1, -0.05) is 18.2 Å². The number of aromatic amines is 1. The molecule has 6 nitrogen and oxygen atoms in total. The molecule has 1 atom stereocenters. The molecule has 1 unspecified atom stereocenters. The van der Waals surface area contributed by atoms with Gasteiger partial charge in [0.25, 0.3) is 5.91 Å². The Bertz CT molecular complexity index is 1130. The fraction of sp³-hybridized carbons (Fsp3) is 0.333. The van der Waals surface area contributed by atoms with Crippen LogP contribution in [0.1, 0.15) is 57.7 Å². The fourth-order valence-electron chi connectivity index (χ4n) is 5.11. The van der Waals surface area contributed by atoms with Crippen LogP contribution in [0.15, 0.2) is 48.7 Å². The number of H-pyrrole nitrogens is 1. The van der Waals surface area contributed by atoms with Gasteiger partial charge in [-0.05, 0) is 60.5 Å². The Morgan fingerprint density at radius 2 is 1.97 bits per heavy atom. The number of aromatic nitrogens is 1. The van der Waals surface area contributed by atoms with E-state index in [9.17, 15) is 9.59 Å². The van der Waals surface area contributed by atoms with E-state index in [-0.39, 0.29) is 18.0 Å². The maximum Gasteiger partial charge on any atom is 0.255 e. The number of nitrogens with zero attached hydrogens (tertiary/aromatic N) is 2. The molecule has 30 heavy (non-hydrogen) atoms. The quantitative estimate of drug-likeness (QED) is 0.701. The summed E-state index contributed by atoms with van der Waals surface area (Å²) in [6.07, 6.45) is 3.83. The highest BCUT2D eigenvalue weighted by Crippen LogP contribution is 2.38. The zero-order valence-corrected chi connectivity index (χ0v) is 17.1. The van der Waals surface area contributed by atoms with Gasteiger partial charge in [0.15, 0.2) is 0 Å². The van der Waals surface area contributed by atoms with Crippen molar-refractivity contribution in [3.63, 3.8) is 0 Å². The van der Waals surface area contributed by atoms with Crippen LogP contribution in [0.3, 0.4) is 0 Å². The average Bonchev–Trinajstić information content (AvgIpc) is 3.31. The van der Waals surface area contributed by atoms with Gasteiger partial charge in [-0.25, -0.2) is 0 Å². The summed E-state index contributed by atoms with van der Waals surface area (Å²) in [6.45, 7) is 4.87. The average molecular weight is 402 g/mol. The second kappa shape index (κ2) is 7.29. The van der Waals surface area contributed by atoms with Crippen molar-refractivity contribution in [1.29, 1.82) is 0 Å². The molecule has 5 rings (SSSR count). The Morgan fingerprint density at radius 3 is 2.73 bits per heavy atom. The predicted molar refractivity (Wildman–Crippen MR) is 116 cm³/mol. The second-order valence-electron chi connectivity index (χ2n) is 8.43. The van der Waals surface area contributed by atoms with Crippen molar-refractivity contribution in [3.05, 3.63) is 70.9 Å². The first kappa shape index (κ1) is 18.9. The molecule has 0 bridgehead atoms. The van der Waals surface area contributed by atoms with Crippen LogP contribution < -0.4 is 5.73 Å². The van der Waals surface area contributed by atoms with Crippen LogP contribution in [0.2, 0.25) is 0 Å². The number of carbonyl (C=O) groups is 2. The number of carbonyl (C=O) groups excluding carboxylic acids is 2. The molecule has 3 N–H and O–H groups in total. The van der Waals surface area contributed by atoms with Gasteiger partial charge in [-0.15, -0.1) is 0 Å². The Labute approximate surface area is 175 Å². The summed E-state index contributed by atoms with van der Waals surface area (Å²) in [7, 11) is 0. The zero-order valence-electron chi connectivity index (χ0n) is 17.1. The Morgan fingerprint density at radius 1 is 1.17 bits per heavy atom. The van der Waals surface area contributed by atoms with Crippen LogP contribution in [0.4, 0.5) is 0 Å². The lowest BCUT2D eigenvalue weighted by Crippen LogP contribution is -2.45. The molecule has 0 spiro atoms. The molecule has 1 fully saturated rings. The molecule has 6 heteroatoms. The van der Waals surface area contributed by atoms with E-state index in [0.717, 1.165) is 43.6 Å². The summed E-state index contributed by atoms with van der Waals surface area (Å²) in [5, 5.41) is 1.24. The maximum atomic E-state index is 13.2. The topological polar surface area (TPSA) is 82.4 Å². The van der Waals surface area contributed by atoms with Gasteiger partial charge < -0.3 is 15.6 Å². The molecule has 1 saturated heterocycles. The van der Waals surface area contributed by atoms with Gasteiger partial charge in [0, 0.05) is 37.4 Å². The molecule has 0 aliphatic carbocycles. The van der Waals surface area contributed by atoms with E-state index < -0.39 is 5.91 Å². The smallest absolute Gasteiger partial charge is 0.255 e. The standard InChI is InChI=1S/C24H26N4O2/c1-15-19-3-2-4-20(23(25)29)22(19)24(30)28(15)18-8-11-27(12-9-18)14-16-5-6-21-17(13-16)7-10-26-21/h2-7,10,13,15,18,26H,8-9,11-12,14H2,1H3,(H2,25,29). The summed E-state index contributed by atoms with van der Waals surface area (Å²) < 4.78 is 0. The van der Waals surface area contributed by atoms with Crippen molar-refractivity contribution in [2.45, 2.75) is 38.4 Å². The first-order chi connectivity index (χ1) is 14.5. The number of likely N-dealkylation sites (tertiary alicyclic amines) is 1. The minimum absolute atomic E-state index is 0.0284. The SMILES string of the molecule is CC1c2cccc(C(N)=O)c2C(=O)N1C1CCN(Cc2ccc3[nH]ccc3c2)CC1. The highest BCUT2D eigenvalue weighted by Gasteiger charge is 2.41. The van der Waals surface area contributed by atoms with Gasteiger partial charge in [-0.3, -0.25) is 14.5 Å². The van der Waals surface area contributed by atoms with Crippen molar-refractivity contribution in [2.75, 3.05) is 13.1 Å². The number of rotatable bonds is 4. The lowest BCUT2D eigenvalue weighted by Gasteiger charge is -2.38. The molecule has 2 amide bonds. The van der Waals surface area contributed by atoms with Gasteiger partial charge in [0.05, 0.1) is 17.2 Å². The molecule has 3 aromatic rings. The molecular weight excluding hydrogens is 376 g/mol. The number of nitrogens with two attached hydrogens (primary N) is 1. The Balaban J connectivity index is 1.28. The number of hydrogen-bond donors (Lipinski definition) is 2. The fourth-order valence-corrected chi connectivity index (χ4v) is 5.11. The van der Waals surface area contributed by atoms with E-state index in [1.807, 2.05) is 30.2 Å². The predicted octanol–water partition coefficient (Wildman–Crippen LogP) is 3.45. The molecular formula is C24H26N4O2. The maximum absolute atomic E-state index is 13.2. The van der Waals surface area contributed by atoms with Crippen LogP contribution in [0, 0.1) is 0 Å². The van der Waals surface area contributed by atoms with Crippen molar-refractivity contribution in [1.82, 2.24) is 14.8 Å². The number of amides is 2. The summed E-state index contributed by atoms with van der Waals surface area (Å²) in [5.74, 6) is -0.591. The van der Waals surface area contributed by atoms with Gasteiger partial charge in [-0.2, -0.15) is 0 Å². The Kier molecular flexibility index (Phi) is 4.59. The first-order valence-corrected chi connectivity index (χ1v) is 10.6. The second-order valence-corrected chi connectivity index (χ2v) is 8.43. The summed E-state index contributed by atoms with van der Waals surface area (Å²) in [5.41, 5.74) is 9.74. The van der Waals surface area contributed by atoms with Gasteiger partial charge >= 0.3 is 0 Å². The lowest BCUT2D eigenvalue weighted by molar-refractivity contribution is 0.0510. The van der Waals surface area contributed by atoms with Crippen LogP contribution in [-0.4, -0.2) is 45.7 Å². The Hall–Kier alpha value is -3.12. The van der Waals surface area contributed by atoms with E-state index in [1.165, 1.54) is 10.9 Å². The van der Waals surface area contributed by atoms with Gasteiger partial charge in [0.1, 0.15) is 0 Å². The number of primary amides is 1.